The molecular formula is C15H20N6O2. The minimum atomic E-state index is -0.294. The van der Waals surface area contributed by atoms with Crippen LogP contribution in [0.2, 0.25) is 0 Å². The van der Waals surface area contributed by atoms with Gasteiger partial charge in [-0.05, 0) is 25.7 Å². The summed E-state index contributed by atoms with van der Waals surface area (Å²) in [6, 6.07) is -0.198. The van der Waals surface area contributed by atoms with E-state index in [9.17, 15) is 9.90 Å². The van der Waals surface area contributed by atoms with Gasteiger partial charge in [0.05, 0.1) is 29.6 Å². The number of aryl methyl sites for hydroxylation is 2. The largest absolute Gasteiger partial charge is 0.393 e. The van der Waals surface area contributed by atoms with Crippen molar-refractivity contribution in [3.05, 3.63) is 35.4 Å². The van der Waals surface area contributed by atoms with Crippen molar-refractivity contribution in [3.63, 3.8) is 0 Å². The summed E-state index contributed by atoms with van der Waals surface area (Å²) in [5, 5.41) is 16.8. The molecule has 0 saturated heterocycles. The third-order valence-electron chi connectivity index (χ3n) is 4.23. The highest BCUT2D eigenvalue weighted by molar-refractivity contribution is 5.95. The van der Waals surface area contributed by atoms with Gasteiger partial charge in [-0.1, -0.05) is 0 Å². The molecule has 4 N–H and O–H groups in total. The molecule has 1 amide bonds. The fourth-order valence-corrected chi connectivity index (χ4v) is 2.90. The molecule has 1 fully saturated rings. The number of nitrogen functional groups attached to an aromatic ring is 1. The smallest absolute Gasteiger partial charge is 0.255 e. The zero-order valence-corrected chi connectivity index (χ0v) is 13.1. The van der Waals surface area contributed by atoms with Gasteiger partial charge in [-0.15, -0.1) is 0 Å². The number of aromatic nitrogens is 4. The van der Waals surface area contributed by atoms with Gasteiger partial charge in [-0.2, -0.15) is 5.10 Å². The van der Waals surface area contributed by atoms with Crippen molar-refractivity contribution in [2.45, 2.75) is 31.9 Å². The molecule has 8 nitrogen and oxygen atoms in total. The number of hydrogen-bond acceptors (Lipinski definition) is 6. The van der Waals surface area contributed by atoms with Crippen molar-refractivity contribution in [1.29, 1.82) is 0 Å². The summed E-state index contributed by atoms with van der Waals surface area (Å²) in [4.78, 5) is 20.5. The monoisotopic (exact) mass is 316 g/mol. The second-order valence-corrected chi connectivity index (χ2v) is 6.01. The van der Waals surface area contributed by atoms with Crippen molar-refractivity contribution in [2.75, 3.05) is 5.73 Å². The molecule has 0 unspecified atom stereocenters. The highest BCUT2D eigenvalue weighted by Crippen LogP contribution is 2.38. The van der Waals surface area contributed by atoms with Gasteiger partial charge in [-0.3, -0.25) is 9.48 Å². The van der Waals surface area contributed by atoms with Crippen molar-refractivity contribution >= 4 is 11.9 Å². The van der Waals surface area contributed by atoms with Crippen molar-refractivity contribution < 1.29 is 9.90 Å². The van der Waals surface area contributed by atoms with E-state index in [-0.39, 0.29) is 29.9 Å². The molecule has 23 heavy (non-hydrogen) atoms. The summed E-state index contributed by atoms with van der Waals surface area (Å²) in [6.45, 7) is 1.72. The Morgan fingerprint density at radius 2 is 2.22 bits per heavy atom. The third kappa shape index (κ3) is 3.16. The van der Waals surface area contributed by atoms with Gasteiger partial charge >= 0.3 is 0 Å². The quantitative estimate of drug-likeness (QED) is 0.748. The van der Waals surface area contributed by atoms with Gasteiger partial charge in [0.25, 0.3) is 5.91 Å². The maximum absolute atomic E-state index is 12.6. The van der Waals surface area contributed by atoms with Crippen LogP contribution in [0.1, 0.15) is 40.5 Å². The molecule has 2 heterocycles. The van der Waals surface area contributed by atoms with E-state index in [0.29, 0.717) is 24.1 Å². The first-order chi connectivity index (χ1) is 10.9. The van der Waals surface area contributed by atoms with Gasteiger partial charge in [0, 0.05) is 25.0 Å². The van der Waals surface area contributed by atoms with Crippen LogP contribution in [0.3, 0.4) is 0 Å². The first kappa shape index (κ1) is 15.4. The summed E-state index contributed by atoms with van der Waals surface area (Å²) in [6.07, 6.45) is 6.08. The molecule has 8 heteroatoms. The number of rotatable bonds is 4. The zero-order valence-electron chi connectivity index (χ0n) is 13.1. The molecule has 0 aliphatic heterocycles. The number of carbonyl (C=O) groups excluding carboxylic acids is 1. The fourth-order valence-electron chi connectivity index (χ4n) is 2.90. The minimum Gasteiger partial charge on any atom is -0.393 e. The lowest BCUT2D eigenvalue weighted by Crippen LogP contribution is -2.41. The second kappa shape index (κ2) is 5.96. The molecule has 1 atom stereocenters. The van der Waals surface area contributed by atoms with Crippen LogP contribution in [0, 0.1) is 12.8 Å². The highest BCUT2D eigenvalue weighted by atomic mass is 16.3. The van der Waals surface area contributed by atoms with Crippen molar-refractivity contribution in [3.8, 4) is 0 Å². The molecular weight excluding hydrogens is 296 g/mol. The molecule has 0 spiro atoms. The first-order valence-electron chi connectivity index (χ1n) is 7.50. The predicted octanol–water partition coefficient (Wildman–Crippen LogP) is 0.343. The summed E-state index contributed by atoms with van der Waals surface area (Å²) < 4.78 is 1.70. The molecule has 3 rings (SSSR count). The second-order valence-electron chi connectivity index (χ2n) is 6.01. The lowest BCUT2D eigenvalue weighted by atomic mass is 9.75. The van der Waals surface area contributed by atoms with Gasteiger partial charge in [0.15, 0.2) is 0 Å². The van der Waals surface area contributed by atoms with Crippen LogP contribution in [0.25, 0.3) is 0 Å². The van der Waals surface area contributed by atoms with E-state index >= 15 is 0 Å². The van der Waals surface area contributed by atoms with Crippen LogP contribution in [0.4, 0.5) is 5.95 Å². The van der Waals surface area contributed by atoms with E-state index in [1.807, 2.05) is 13.2 Å². The van der Waals surface area contributed by atoms with Gasteiger partial charge in [-0.25, -0.2) is 9.97 Å². The van der Waals surface area contributed by atoms with Gasteiger partial charge < -0.3 is 16.2 Å². The molecule has 2 aromatic heterocycles. The Labute approximate surface area is 133 Å². The molecule has 1 aliphatic carbocycles. The summed E-state index contributed by atoms with van der Waals surface area (Å²) in [7, 11) is 1.83. The topological polar surface area (TPSA) is 119 Å². The normalized spacial score (nSPS) is 21.5. The molecule has 0 bridgehead atoms. The molecule has 122 valence electrons. The number of nitrogens with one attached hydrogen (secondary N) is 1. The number of nitrogens with two attached hydrogens (primary N) is 1. The van der Waals surface area contributed by atoms with Crippen LogP contribution in [0.5, 0.6) is 0 Å². The maximum Gasteiger partial charge on any atom is 0.255 e. The van der Waals surface area contributed by atoms with E-state index in [0.717, 1.165) is 5.56 Å². The zero-order chi connectivity index (χ0) is 16.6. The molecule has 1 aliphatic rings. The maximum atomic E-state index is 12.6. The van der Waals surface area contributed by atoms with Gasteiger partial charge in [0.2, 0.25) is 5.95 Å². The Hall–Kier alpha value is -2.48. The SMILES string of the molecule is Cc1nc(N)ncc1C(=O)N[C@@H](c1cnn(C)c1)C1CC(O)C1. The fraction of sp³-hybridized carbons (Fsp3) is 0.467. The lowest BCUT2D eigenvalue weighted by Gasteiger charge is -2.37. The van der Waals surface area contributed by atoms with E-state index < -0.39 is 0 Å². The van der Waals surface area contributed by atoms with Gasteiger partial charge in [0.1, 0.15) is 0 Å². The first-order valence-corrected chi connectivity index (χ1v) is 7.50. The van der Waals surface area contributed by atoms with E-state index in [2.05, 4.69) is 20.4 Å². The Balaban J connectivity index is 1.81. The number of aliphatic hydroxyl groups is 1. The molecule has 2 aromatic rings. The van der Waals surface area contributed by atoms with Crippen LogP contribution in [-0.2, 0) is 7.05 Å². The average molecular weight is 316 g/mol. The number of aliphatic hydroxyl groups excluding tert-OH is 1. The van der Waals surface area contributed by atoms with Crippen LogP contribution in [0.15, 0.2) is 18.6 Å². The van der Waals surface area contributed by atoms with E-state index in [1.54, 1.807) is 17.8 Å². The van der Waals surface area contributed by atoms with Crippen molar-refractivity contribution in [1.82, 2.24) is 25.1 Å². The number of anilines is 1. The summed E-state index contributed by atoms with van der Waals surface area (Å²) in [5.74, 6) is 0.0795. The predicted molar refractivity (Wildman–Crippen MR) is 83.3 cm³/mol. The van der Waals surface area contributed by atoms with E-state index in [1.165, 1.54) is 6.20 Å². The number of carbonyl (C=O) groups is 1. The summed E-state index contributed by atoms with van der Waals surface area (Å²) >= 11 is 0. The Morgan fingerprint density at radius 3 is 2.78 bits per heavy atom. The van der Waals surface area contributed by atoms with E-state index in [4.69, 9.17) is 5.73 Å². The van der Waals surface area contributed by atoms with Crippen molar-refractivity contribution in [2.24, 2.45) is 13.0 Å². The summed E-state index contributed by atoms with van der Waals surface area (Å²) in [5.41, 5.74) is 7.38. The Bertz CT molecular complexity index is 723. The number of nitrogens with zero attached hydrogens (tertiary/aromatic N) is 4. The Kier molecular flexibility index (Phi) is 3.99. The highest BCUT2D eigenvalue weighted by Gasteiger charge is 2.36. The lowest BCUT2D eigenvalue weighted by molar-refractivity contribution is 0.0235. The van der Waals surface area contributed by atoms with Crippen LogP contribution < -0.4 is 11.1 Å². The molecule has 1 saturated carbocycles. The minimum absolute atomic E-state index is 0.143. The standard InChI is InChI=1S/C15H20N6O2/c1-8-12(6-17-15(16)19-8)14(23)20-13(9-3-11(22)4-9)10-5-18-21(2)7-10/h5-7,9,11,13,22H,3-4H2,1-2H3,(H,20,23)(H2,16,17,19)/t9?,11?,13-/m1/s1. The number of amides is 1. The number of hydrogen-bond donors (Lipinski definition) is 3. The molecule has 0 aromatic carbocycles. The Morgan fingerprint density at radius 1 is 1.48 bits per heavy atom. The average Bonchev–Trinajstić information content (AvgIpc) is 2.88. The molecule has 0 radical (unpaired) electrons. The van der Waals surface area contributed by atoms with Crippen LogP contribution in [-0.4, -0.2) is 36.9 Å². The van der Waals surface area contributed by atoms with Crippen LogP contribution >= 0.6 is 0 Å². The third-order valence-corrected chi connectivity index (χ3v) is 4.23.